The molecule has 1 saturated carbocycles. The molecule has 0 radical (unpaired) electrons. The number of rotatable bonds is 5. The third kappa shape index (κ3) is 4.09. The summed E-state index contributed by atoms with van der Waals surface area (Å²) >= 11 is 0. The second kappa shape index (κ2) is 6.74. The summed E-state index contributed by atoms with van der Waals surface area (Å²) in [5.41, 5.74) is 0.837. The van der Waals surface area contributed by atoms with E-state index in [4.69, 9.17) is 4.74 Å². The Bertz CT molecular complexity index is 400. The van der Waals surface area contributed by atoms with E-state index in [0.29, 0.717) is 11.7 Å². The Hall–Kier alpha value is -1.31. The number of ether oxygens (including phenoxy) is 1. The molecule has 0 aliphatic heterocycles. The van der Waals surface area contributed by atoms with E-state index in [-0.39, 0.29) is 5.92 Å². The van der Waals surface area contributed by atoms with Crippen molar-refractivity contribution < 1.29 is 9.53 Å². The average Bonchev–Trinajstić information content (AvgIpc) is 2.46. The quantitative estimate of drug-likeness (QED) is 0.729. The number of benzene rings is 1. The van der Waals surface area contributed by atoms with Gasteiger partial charge in [0, 0.05) is 11.5 Å². The van der Waals surface area contributed by atoms with Crippen LogP contribution in [0.3, 0.4) is 0 Å². The van der Waals surface area contributed by atoms with Crippen molar-refractivity contribution in [1.29, 1.82) is 0 Å². The first kappa shape index (κ1) is 14.1. The Morgan fingerprint density at radius 2 is 1.79 bits per heavy atom. The Kier molecular flexibility index (Phi) is 5.00. The summed E-state index contributed by atoms with van der Waals surface area (Å²) in [4.78, 5) is 12.3. The molecule has 0 bridgehead atoms. The lowest BCUT2D eigenvalue weighted by Gasteiger charge is -2.20. The van der Waals surface area contributed by atoms with Crippen LogP contribution in [0.4, 0.5) is 0 Å². The highest BCUT2D eigenvalue weighted by atomic mass is 16.5. The van der Waals surface area contributed by atoms with Crippen LogP contribution in [0.5, 0.6) is 5.75 Å². The number of carbonyl (C=O) groups excluding carboxylic acids is 1. The Morgan fingerprint density at radius 1 is 1.16 bits per heavy atom. The zero-order chi connectivity index (χ0) is 13.7. The SMILES string of the molecule is CC(C)COc1ccc(C(=O)C2CCCCC2)cc1. The fraction of sp³-hybridized carbons (Fsp3) is 0.588. The Labute approximate surface area is 116 Å². The van der Waals surface area contributed by atoms with Crippen LogP contribution in [-0.4, -0.2) is 12.4 Å². The summed E-state index contributed by atoms with van der Waals surface area (Å²) in [5, 5.41) is 0. The van der Waals surface area contributed by atoms with E-state index < -0.39 is 0 Å². The van der Waals surface area contributed by atoms with Gasteiger partial charge in [-0.25, -0.2) is 0 Å². The van der Waals surface area contributed by atoms with Crippen molar-refractivity contribution in [2.24, 2.45) is 11.8 Å². The lowest BCUT2D eigenvalue weighted by Crippen LogP contribution is -2.17. The van der Waals surface area contributed by atoms with Gasteiger partial charge in [-0.15, -0.1) is 0 Å². The first-order valence-corrected chi connectivity index (χ1v) is 7.44. The van der Waals surface area contributed by atoms with Gasteiger partial charge in [0.25, 0.3) is 0 Å². The van der Waals surface area contributed by atoms with Crippen molar-refractivity contribution >= 4 is 5.78 Å². The van der Waals surface area contributed by atoms with Crippen LogP contribution in [0.2, 0.25) is 0 Å². The van der Waals surface area contributed by atoms with E-state index in [2.05, 4.69) is 13.8 Å². The number of Topliss-reactive ketones (excluding diaryl/α,β-unsaturated/α-hetero) is 1. The van der Waals surface area contributed by atoms with Crippen LogP contribution in [0.1, 0.15) is 56.3 Å². The summed E-state index contributed by atoms with van der Waals surface area (Å²) in [6.07, 6.45) is 5.80. The van der Waals surface area contributed by atoms with E-state index in [1.54, 1.807) is 0 Å². The van der Waals surface area contributed by atoms with Gasteiger partial charge in [-0.2, -0.15) is 0 Å². The smallest absolute Gasteiger partial charge is 0.165 e. The Morgan fingerprint density at radius 3 is 2.37 bits per heavy atom. The van der Waals surface area contributed by atoms with Crippen LogP contribution in [0.15, 0.2) is 24.3 Å². The van der Waals surface area contributed by atoms with E-state index >= 15 is 0 Å². The molecule has 0 heterocycles. The molecule has 0 amide bonds. The lowest BCUT2D eigenvalue weighted by atomic mass is 9.84. The molecule has 1 aliphatic rings. The van der Waals surface area contributed by atoms with Crippen molar-refractivity contribution in [2.75, 3.05) is 6.61 Å². The van der Waals surface area contributed by atoms with E-state index in [9.17, 15) is 4.79 Å². The van der Waals surface area contributed by atoms with Gasteiger partial charge in [-0.05, 0) is 43.0 Å². The maximum atomic E-state index is 12.3. The highest BCUT2D eigenvalue weighted by Crippen LogP contribution is 2.27. The first-order valence-electron chi connectivity index (χ1n) is 7.44. The largest absolute Gasteiger partial charge is 0.493 e. The van der Waals surface area contributed by atoms with Gasteiger partial charge in [0.05, 0.1) is 6.61 Å². The van der Waals surface area contributed by atoms with Crippen LogP contribution in [0, 0.1) is 11.8 Å². The van der Waals surface area contributed by atoms with Crippen molar-refractivity contribution in [3.63, 3.8) is 0 Å². The lowest BCUT2D eigenvalue weighted by molar-refractivity contribution is 0.0889. The molecule has 2 nitrogen and oxygen atoms in total. The number of hydrogen-bond acceptors (Lipinski definition) is 2. The molecule has 1 fully saturated rings. The van der Waals surface area contributed by atoms with Crippen molar-refractivity contribution in [3.05, 3.63) is 29.8 Å². The molecule has 0 saturated heterocycles. The molecule has 0 unspecified atom stereocenters. The number of ketones is 1. The van der Waals surface area contributed by atoms with E-state index in [1.165, 1.54) is 19.3 Å². The normalized spacial score (nSPS) is 16.6. The minimum Gasteiger partial charge on any atom is -0.493 e. The fourth-order valence-corrected chi connectivity index (χ4v) is 2.58. The molecule has 0 aromatic heterocycles. The molecule has 0 N–H and O–H groups in total. The van der Waals surface area contributed by atoms with Crippen LogP contribution in [-0.2, 0) is 0 Å². The summed E-state index contributed by atoms with van der Waals surface area (Å²) in [6.45, 7) is 4.97. The molecule has 0 atom stereocenters. The molecule has 19 heavy (non-hydrogen) atoms. The predicted molar refractivity (Wildman–Crippen MR) is 77.7 cm³/mol. The first-order chi connectivity index (χ1) is 9.16. The van der Waals surface area contributed by atoms with Gasteiger partial charge >= 0.3 is 0 Å². The third-order valence-electron chi connectivity index (χ3n) is 3.70. The van der Waals surface area contributed by atoms with Crippen LogP contribution in [0.25, 0.3) is 0 Å². The van der Waals surface area contributed by atoms with Gasteiger partial charge in [-0.1, -0.05) is 33.1 Å². The van der Waals surface area contributed by atoms with Gasteiger partial charge in [0.15, 0.2) is 5.78 Å². The topological polar surface area (TPSA) is 26.3 Å². The minimum atomic E-state index is 0.246. The summed E-state index contributed by atoms with van der Waals surface area (Å²) < 4.78 is 5.64. The highest BCUT2D eigenvalue weighted by molar-refractivity contribution is 5.97. The van der Waals surface area contributed by atoms with Gasteiger partial charge in [0.2, 0.25) is 0 Å². The second-order valence-electron chi connectivity index (χ2n) is 5.93. The molecular weight excluding hydrogens is 236 g/mol. The number of carbonyl (C=O) groups is 1. The number of hydrogen-bond donors (Lipinski definition) is 0. The summed E-state index contributed by atoms with van der Waals surface area (Å²) in [6, 6.07) is 7.65. The van der Waals surface area contributed by atoms with Crippen molar-refractivity contribution in [3.8, 4) is 5.75 Å². The highest BCUT2D eigenvalue weighted by Gasteiger charge is 2.22. The summed E-state index contributed by atoms with van der Waals surface area (Å²) in [7, 11) is 0. The minimum absolute atomic E-state index is 0.246. The Balaban J connectivity index is 1.95. The standard InChI is InChI=1S/C17H24O2/c1-13(2)12-19-16-10-8-15(9-11-16)17(18)14-6-4-3-5-7-14/h8-11,13-14H,3-7,12H2,1-2H3. The van der Waals surface area contributed by atoms with E-state index in [0.717, 1.165) is 30.8 Å². The van der Waals surface area contributed by atoms with Gasteiger partial charge in [0.1, 0.15) is 5.75 Å². The van der Waals surface area contributed by atoms with Crippen LogP contribution >= 0.6 is 0 Å². The molecule has 1 aliphatic carbocycles. The third-order valence-corrected chi connectivity index (χ3v) is 3.70. The summed E-state index contributed by atoms with van der Waals surface area (Å²) in [5.74, 6) is 1.93. The fourth-order valence-electron chi connectivity index (χ4n) is 2.58. The van der Waals surface area contributed by atoms with Gasteiger partial charge in [-0.3, -0.25) is 4.79 Å². The molecule has 104 valence electrons. The monoisotopic (exact) mass is 260 g/mol. The molecular formula is C17H24O2. The van der Waals surface area contributed by atoms with Crippen LogP contribution < -0.4 is 4.74 Å². The second-order valence-corrected chi connectivity index (χ2v) is 5.93. The molecule has 2 rings (SSSR count). The molecule has 1 aromatic rings. The van der Waals surface area contributed by atoms with E-state index in [1.807, 2.05) is 24.3 Å². The molecule has 2 heteroatoms. The zero-order valence-corrected chi connectivity index (χ0v) is 12.0. The maximum Gasteiger partial charge on any atom is 0.165 e. The average molecular weight is 260 g/mol. The van der Waals surface area contributed by atoms with Gasteiger partial charge < -0.3 is 4.74 Å². The predicted octanol–water partition coefficient (Wildman–Crippen LogP) is 4.48. The van der Waals surface area contributed by atoms with Crippen molar-refractivity contribution in [2.45, 2.75) is 46.0 Å². The maximum absolute atomic E-state index is 12.3. The van der Waals surface area contributed by atoms with Crippen molar-refractivity contribution in [1.82, 2.24) is 0 Å². The molecule has 0 spiro atoms. The molecule has 1 aromatic carbocycles. The zero-order valence-electron chi connectivity index (χ0n) is 12.0.